The molecule has 1 N–H and O–H groups in total. The van der Waals surface area contributed by atoms with Crippen molar-refractivity contribution in [2.24, 2.45) is 0 Å². The maximum atomic E-state index is 13.1. The number of benzene rings is 1. The van der Waals surface area contributed by atoms with Crippen molar-refractivity contribution in [2.45, 2.75) is 25.4 Å². The quantitative estimate of drug-likeness (QED) is 0.716. The standard InChI is InChI=1S/C21H22N4O3S/c1-27-15-3-2-7-25(12-15)21(26)20-24-19-16-5-4-13(14-10-22-23-11-14)9-17(16)28-8-6-18(19)29-20/h4-5,9-11,15H,2-3,6-8,12H2,1H3,(H,22,23). The van der Waals surface area contributed by atoms with Crippen molar-refractivity contribution >= 4 is 17.2 Å². The smallest absolute Gasteiger partial charge is 0.282 e. The average Bonchev–Trinajstić information content (AvgIpc) is 3.41. The molecule has 2 aliphatic rings. The second-order valence-corrected chi connectivity index (χ2v) is 8.42. The summed E-state index contributed by atoms with van der Waals surface area (Å²) in [5, 5.41) is 7.41. The molecular weight excluding hydrogens is 388 g/mol. The Balaban J connectivity index is 1.46. The van der Waals surface area contributed by atoms with Crippen LogP contribution in [-0.2, 0) is 11.2 Å². The number of ether oxygens (including phenoxy) is 2. The summed E-state index contributed by atoms with van der Waals surface area (Å²) in [6.07, 6.45) is 6.46. The Morgan fingerprint density at radius 1 is 1.38 bits per heavy atom. The highest BCUT2D eigenvalue weighted by molar-refractivity contribution is 7.14. The number of fused-ring (bicyclic) bond motifs is 3. The first-order valence-electron chi connectivity index (χ1n) is 9.81. The topological polar surface area (TPSA) is 80.3 Å². The fraction of sp³-hybridized carbons (Fsp3) is 0.381. The molecule has 150 valence electrons. The van der Waals surface area contributed by atoms with Crippen molar-refractivity contribution in [3.05, 3.63) is 40.5 Å². The molecule has 3 aromatic rings. The van der Waals surface area contributed by atoms with Gasteiger partial charge < -0.3 is 14.4 Å². The lowest BCUT2D eigenvalue weighted by Gasteiger charge is -2.31. The predicted octanol–water partition coefficient (Wildman–Crippen LogP) is 3.39. The second-order valence-electron chi connectivity index (χ2n) is 7.34. The Morgan fingerprint density at radius 2 is 2.31 bits per heavy atom. The molecule has 1 fully saturated rings. The van der Waals surface area contributed by atoms with Gasteiger partial charge in [-0.2, -0.15) is 5.10 Å². The van der Waals surface area contributed by atoms with Crippen LogP contribution < -0.4 is 4.74 Å². The monoisotopic (exact) mass is 410 g/mol. The predicted molar refractivity (Wildman–Crippen MR) is 110 cm³/mol. The fourth-order valence-corrected chi connectivity index (χ4v) is 4.98. The molecule has 7 nitrogen and oxygen atoms in total. The number of aromatic nitrogens is 3. The third-order valence-corrected chi connectivity index (χ3v) is 6.64. The van der Waals surface area contributed by atoms with Gasteiger partial charge in [0.1, 0.15) is 5.75 Å². The van der Waals surface area contributed by atoms with Crippen molar-refractivity contribution in [3.63, 3.8) is 0 Å². The van der Waals surface area contributed by atoms with E-state index in [1.165, 1.54) is 11.3 Å². The molecule has 0 bridgehead atoms. The highest BCUT2D eigenvalue weighted by Crippen LogP contribution is 2.40. The molecule has 2 aliphatic heterocycles. The van der Waals surface area contributed by atoms with E-state index in [9.17, 15) is 4.79 Å². The first-order chi connectivity index (χ1) is 14.2. The minimum atomic E-state index is 0.00214. The molecular formula is C21H22N4O3S. The molecule has 0 spiro atoms. The zero-order chi connectivity index (χ0) is 19.8. The van der Waals surface area contributed by atoms with E-state index < -0.39 is 0 Å². The number of nitrogens with one attached hydrogen (secondary N) is 1. The van der Waals surface area contributed by atoms with E-state index in [4.69, 9.17) is 14.5 Å². The Hall–Kier alpha value is -2.71. The Labute approximate surface area is 172 Å². The van der Waals surface area contributed by atoms with Gasteiger partial charge in [0.25, 0.3) is 5.91 Å². The third kappa shape index (κ3) is 3.42. The Morgan fingerprint density at radius 3 is 3.14 bits per heavy atom. The molecule has 4 heterocycles. The summed E-state index contributed by atoms with van der Waals surface area (Å²) in [5.41, 5.74) is 3.84. The van der Waals surface area contributed by atoms with Crippen LogP contribution in [0, 0.1) is 0 Å². The second kappa shape index (κ2) is 7.61. The number of hydrogen-bond acceptors (Lipinski definition) is 6. The van der Waals surface area contributed by atoms with Crippen LogP contribution in [0.2, 0.25) is 0 Å². The number of aromatic amines is 1. The minimum Gasteiger partial charge on any atom is -0.492 e. The molecule has 1 atom stereocenters. The zero-order valence-electron chi connectivity index (χ0n) is 16.2. The molecule has 1 unspecified atom stereocenters. The van der Waals surface area contributed by atoms with E-state index >= 15 is 0 Å². The number of hydrogen-bond donors (Lipinski definition) is 1. The number of thiazole rings is 1. The molecule has 8 heteroatoms. The van der Waals surface area contributed by atoms with Crippen molar-refractivity contribution in [1.82, 2.24) is 20.1 Å². The van der Waals surface area contributed by atoms with Crippen LogP contribution in [0.5, 0.6) is 5.75 Å². The van der Waals surface area contributed by atoms with E-state index in [-0.39, 0.29) is 12.0 Å². The van der Waals surface area contributed by atoms with Gasteiger partial charge in [-0.15, -0.1) is 11.3 Å². The minimum absolute atomic E-state index is 0.00214. The van der Waals surface area contributed by atoms with Crippen LogP contribution in [-0.4, -0.2) is 58.9 Å². The highest BCUT2D eigenvalue weighted by atomic mass is 32.1. The molecule has 0 saturated carbocycles. The summed E-state index contributed by atoms with van der Waals surface area (Å²) in [6.45, 7) is 1.96. The van der Waals surface area contributed by atoms with Gasteiger partial charge in [0, 0.05) is 48.8 Å². The molecule has 5 rings (SSSR count). The van der Waals surface area contributed by atoms with Crippen LogP contribution in [0.25, 0.3) is 22.4 Å². The van der Waals surface area contributed by atoms with E-state index in [1.807, 2.05) is 29.3 Å². The van der Waals surface area contributed by atoms with E-state index in [1.54, 1.807) is 13.3 Å². The third-order valence-electron chi connectivity index (χ3n) is 5.53. The maximum Gasteiger partial charge on any atom is 0.282 e. The summed E-state index contributed by atoms with van der Waals surface area (Å²) in [5.74, 6) is 0.798. The summed E-state index contributed by atoms with van der Waals surface area (Å²) >= 11 is 1.49. The number of rotatable bonds is 3. The van der Waals surface area contributed by atoms with Crippen molar-refractivity contribution < 1.29 is 14.3 Å². The van der Waals surface area contributed by atoms with Gasteiger partial charge >= 0.3 is 0 Å². The van der Waals surface area contributed by atoms with Gasteiger partial charge in [0.15, 0.2) is 5.01 Å². The summed E-state index contributed by atoms with van der Waals surface area (Å²) in [6, 6.07) is 6.08. The number of methoxy groups -OCH3 is 1. The molecule has 1 amide bonds. The summed E-state index contributed by atoms with van der Waals surface area (Å²) in [7, 11) is 1.71. The van der Waals surface area contributed by atoms with E-state index in [0.717, 1.165) is 58.8 Å². The largest absolute Gasteiger partial charge is 0.492 e. The van der Waals surface area contributed by atoms with Crippen LogP contribution >= 0.6 is 11.3 Å². The first kappa shape index (κ1) is 18.3. The van der Waals surface area contributed by atoms with Gasteiger partial charge in [0.05, 0.1) is 24.6 Å². The van der Waals surface area contributed by atoms with Crippen LogP contribution in [0.1, 0.15) is 27.5 Å². The number of carbonyl (C=O) groups excluding carboxylic acids is 1. The van der Waals surface area contributed by atoms with E-state index in [2.05, 4.69) is 10.2 Å². The number of piperidine rings is 1. The Bertz CT molecular complexity index is 1030. The van der Waals surface area contributed by atoms with Crippen LogP contribution in [0.3, 0.4) is 0 Å². The van der Waals surface area contributed by atoms with Crippen molar-refractivity contribution in [2.75, 3.05) is 26.8 Å². The number of carbonyl (C=O) groups is 1. The lowest BCUT2D eigenvalue weighted by molar-refractivity contribution is 0.0269. The average molecular weight is 410 g/mol. The zero-order valence-corrected chi connectivity index (χ0v) is 17.0. The lowest BCUT2D eigenvalue weighted by atomic mass is 10.0. The molecule has 0 aliphatic carbocycles. The van der Waals surface area contributed by atoms with Crippen LogP contribution in [0.4, 0.5) is 0 Å². The van der Waals surface area contributed by atoms with Gasteiger partial charge in [-0.1, -0.05) is 6.07 Å². The lowest BCUT2D eigenvalue weighted by Crippen LogP contribution is -2.42. The SMILES string of the molecule is COC1CCCN(C(=O)c2nc3c(s2)CCOc2cc(-c4cn[nH]c4)ccc2-3)C1. The van der Waals surface area contributed by atoms with Crippen LogP contribution in [0.15, 0.2) is 30.6 Å². The number of nitrogens with zero attached hydrogens (tertiary/aromatic N) is 3. The fourth-order valence-electron chi connectivity index (χ4n) is 3.95. The summed E-state index contributed by atoms with van der Waals surface area (Å²) in [4.78, 5) is 20.8. The van der Waals surface area contributed by atoms with Gasteiger partial charge in [-0.25, -0.2) is 4.98 Å². The molecule has 1 aromatic carbocycles. The number of likely N-dealkylation sites (tertiary alicyclic amines) is 1. The van der Waals surface area contributed by atoms with Gasteiger partial charge in [-0.05, 0) is 30.5 Å². The normalized spacial score (nSPS) is 18.5. The molecule has 1 saturated heterocycles. The van der Waals surface area contributed by atoms with Gasteiger partial charge in [0.2, 0.25) is 0 Å². The van der Waals surface area contributed by atoms with Crippen molar-refractivity contribution in [3.8, 4) is 28.1 Å². The van der Waals surface area contributed by atoms with Crippen molar-refractivity contribution in [1.29, 1.82) is 0 Å². The molecule has 29 heavy (non-hydrogen) atoms. The molecule has 2 aromatic heterocycles. The number of amides is 1. The summed E-state index contributed by atoms with van der Waals surface area (Å²) < 4.78 is 11.5. The number of H-pyrrole nitrogens is 1. The van der Waals surface area contributed by atoms with Gasteiger partial charge in [-0.3, -0.25) is 9.89 Å². The highest BCUT2D eigenvalue weighted by Gasteiger charge is 2.29. The maximum absolute atomic E-state index is 13.1. The molecule has 0 radical (unpaired) electrons. The van der Waals surface area contributed by atoms with E-state index in [0.29, 0.717) is 18.2 Å². The Kier molecular flexibility index (Phi) is 4.81. The first-order valence-corrected chi connectivity index (χ1v) is 10.6.